The molecule has 3 aromatic carbocycles. The van der Waals surface area contributed by atoms with Gasteiger partial charge in [0.2, 0.25) is 11.8 Å². The second-order valence-electron chi connectivity index (χ2n) is 12.6. The van der Waals surface area contributed by atoms with Gasteiger partial charge in [-0.15, -0.1) is 0 Å². The number of azo groups is 1. The van der Waals surface area contributed by atoms with Gasteiger partial charge in [0.25, 0.3) is 0 Å². The average Bonchev–Trinajstić information content (AvgIpc) is 3.36. The number of ketones is 2. The third-order valence-corrected chi connectivity index (χ3v) is 10.9. The first-order valence-electron chi connectivity index (χ1n) is 15.6. The Morgan fingerprint density at radius 2 is 1.55 bits per heavy atom. The third-order valence-electron chi connectivity index (χ3n) is 9.69. The lowest BCUT2D eigenvalue weighted by atomic mass is 9.59. The third kappa shape index (κ3) is 5.56. The van der Waals surface area contributed by atoms with Crippen molar-refractivity contribution in [3.8, 4) is 11.5 Å². The number of phenols is 1. The van der Waals surface area contributed by atoms with E-state index in [4.69, 9.17) is 4.74 Å². The number of ether oxygens (including phenoxy) is 1. The van der Waals surface area contributed by atoms with Crippen molar-refractivity contribution < 1.29 is 29.0 Å². The number of methoxy groups -OCH3 is 1. The van der Waals surface area contributed by atoms with Gasteiger partial charge in [-0.3, -0.25) is 24.1 Å². The number of aromatic hydroxyl groups is 1. The van der Waals surface area contributed by atoms with Gasteiger partial charge < -0.3 is 14.7 Å². The maximum absolute atomic E-state index is 14.3. The molecule has 248 valence electrons. The van der Waals surface area contributed by atoms with Crippen molar-refractivity contribution in [2.45, 2.75) is 18.8 Å². The van der Waals surface area contributed by atoms with Crippen LogP contribution in [0.15, 0.2) is 109 Å². The lowest BCUT2D eigenvalue weighted by molar-refractivity contribution is -0.123. The Labute approximate surface area is 299 Å². The molecule has 0 radical (unpaired) electrons. The predicted molar refractivity (Wildman–Crippen MR) is 191 cm³/mol. The van der Waals surface area contributed by atoms with E-state index in [-0.39, 0.29) is 45.8 Å². The van der Waals surface area contributed by atoms with E-state index >= 15 is 0 Å². The van der Waals surface area contributed by atoms with Gasteiger partial charge in [-0.2, -0.15) is 10.2 Å². The van der Waals surface area contributed by atoms with Gasteiger partial charge in [0.15, 0.2) is 23.1 Å². The van der Waals surface area contributed by atoms with Crippen molar-refractivity contribution in [3.63, 3.8) is 0 Å². The molecule has 49 heavy (non-hydrogen) atoms. The van der Waals surface area contributed by atoms with Crippen LogP contribution in [0.5, 0.6) is 11.5 Å². The molecule has 12 heteroatoms. The molecule has 0 aromatic heterocycles. The van der Waals surface area contributed by atoms with Crippen LogP contribution in [0.1, 0.15) is 24.3 Å². The van der Waals surface area contributed by atoms with Crippen LogP contribution in [0.3, 0.4) is 0 Å². The molecule has 1 saturated heterocycles. The molecule has 0 saturated carbocycles. The smallest absolute Gasteiger partial charge is 0.238 e. The summed E-state index contributed by atoms with van der Waals surface area (Å²) in [5.41, 5.74) is 4.78. The average molecular weight is 786 g/mol. The van der Waals surface area contributed by atoms with Crippen LogP contribution in [-0.2, 0) is 19.2 Å². The number of carbonyl (C=O) groups is 4. The zero-order chi connectivity index (χ0) is 34.7. The summed E-state index contributed by atoms with van der Waals surface area (Å²) in [4.78, 5) is 58.5. The van der Waals surface area contributed by atoms with Crippen molar-refractivity contribution >= 4 is 78.0 Å². The lowest BCUT2D eigenvalue weighted by Crippen LogP contribution is -2.39. The van der Waals surface area contributed by atoms with Gasteiger partial charge in [0.1, 0.15) is 0 Å². The number of anilines is 2. The minimum absolute atomic E-state index is 0.0995. The lowest BCUT2D eigenvalue weighted by Gasteiger charge is -2.42. The molecular formula is C37H30Br2N4O6. The number of imide groups is 1. The first kappa shape index (κ1) is 32.8. The molecular weight excluding hydrogens is 756 g/mol. The Bertz CT molecular complexity index is 2070. The van der Waals surface area contributed by atoms with Crippen LogP contribution < -0.4 is 14.5 Å². The molecule has 0 bridgehead atoms. The molecule has 1 fully saturated rings. The molecule has 1 heterocycles. The van der Waals surface area contributed by atoms with Gasteiger partial charge in [-0.05, 0) is 117 Å². The molecule has 10 nitrogen and oxygen atoms in total. The Morgan fingerprint density at radius 3 is 2.18 bits per heavy atom. The maximum atomic E-state index is 14.3. The highest BCUT2D eigenvalue weighted by Crippen LogP contribution is 2.56. The summed E-state index contributed by atoms with van der Waals surface area (Å²) in [7, 11) is 5.35. The topological polar surface area (TPSA) is 129 Å². The fourth-order valence-electron chi connectivity index (χ4n) is 7.36. The van der Waals surface area contributed by atoms with E-state index in [1.807, 2.05) is 49.3 Å². The van der Waals surface area contributed by atoms with Gasteiger partial charge in [-0.1, -0.05) is 11.6 Å². The number of nitrogens with zero attached hydrogens (tertiary/aromatic N) is 4. The van der Waals surface area contributed by atoms with Crippen molar-refractivity contribution in [1.29, 1.82) is 0 Å². The van der Waals surface area contributed by atoms with Crippen LogP contribution in [0.25, 0.3) is 0 Å². The molecule has 2 amide bonds. The van der Waals surface area contributed by atoms with E-state index in [9.17, 15) is 24.3 Å². The van der Waals surface area contributed by atoms with Crippen molar-refractivity contribution in [2.24, 2.45) is 28.0 Å². The zero-order valence-corrected chi connectivity index (χ0v) is 29.9. The minimum atomic E-state index is -0.733. The van der Waals surface area contributed by atoms with E-state index in [2.05, 4.69) is 42.1 Å². The molecule has 4 unspecified atom stereocenters. The number of fused-ring (bicyclic) bond motifs is 3. The molecule has 7 rings (SSSR count). The van der Waals surface area contributed by atoms with E-state index in [1.165, 1.54) is 18.1 Å². The van der Waals surface area contributed by atoms with Crippen LogP contribution in [0.2, 0.25) is 0 Å². The molecule has 4 aliphatic rings. The quantitative estimate of drug-likeness (QED) is 0.118. The highest BCUT2D eigenvalue weighted by atomic mass is 79.9. The van der Waals surface area contributed by atoms with Crippen molar-refractivity contribution in [3.05, 3.63) is 104 Å². The van der Waals surface area contributed by atoms with Crippen LogP contribution >= 0.6 is 31.9 Å². The normalized spacial score (nSPS) is 23.3. The maximum Gasteiger partial charge on any atom is 0.238 e. The van der Waals surface area contributed by atoms with Gasteiger partial charge >= 0.3 is 0 Å². The summed E-state index contributed by atoms with van der Waals surface area (Å²) in [6, 6.07) is 17.8. The second kappa shape index (κ2) is 12.6. The Hall–Kier alpha value is -4.68. The molecule has 3 aromatic rings. The van der Waals surface area contributed by atoms with Crippen molar-refractivity contribution in [2.75, 3.05) is 31.0 Å². The number of Topliss-reactive ketones (excluding diaryl/α,β-unsaturated/α-hetero) is 1. The summed E-state index contributed by atoms with van der Waals surface area (Å²) >= 11 is 6.65. The van der Waals surface area contributed by atoms with Gasteiger partial charge in [0.05, 0.1) is 45.0 Å². The Morgan fingerprint density at radius 1 is 0.898 bits per heavy atom. The summed E-state index contributed by atoms with van der Waals surface area (Å²) in [5, 5.41) is 19.1. The molecule has 3 aliphatic carbocycles. The first-order valence-corrected chi connectivity index (χ1v) is 17.2. The van der Waals surface area contributed by atoms with Crippen molar-refractivity contribution in [1.82, 2.24) is 0 Å². The highest BCUT2D eigenvalue weighted by Gasteiger charge is 2.56. The first-order chi connectivity index (χ1) is 23.5. The van der Waals surface area contributed by atoms with Crippen LogP contribution in [-0.4, -0.2) is 49.7 Å². The number of phenolic OH excluding ortho intramolecular Hbond substituents is 1. The minimum Gasteiger partial charge on any atom is -0.503 e. The summed E-state index contributed by atoms with van der Waals surface area (Å²) in [5.74, 6) is -3.75. The molecule has 1 N–H and O–H groups in total. The summed E-state index contributed by atoms with van der Waals surface area (Å²) in [6.07, 6.45) is 3.67. The number of hydrogen-bond acceptors (Lipinski definition) is 9. The number of rotatable bonds is 6. The van der Waals surface area contributed by atoms with Gasteiger partial charge in [-0.25, -0.2) is 0 Å². The SMILES string of the molecule is COc1cc(C2C3=CCC4C(=O)N(c5ccc(N=Nc6ccc(N(C)C)cc6)cc5)C(=O)C4C3CC3=C2C(=O)C=C(Br)C3=O)cc(Br)c1O. The number of benzene rings is 3. The molecule has 0 spiro atoms. The summed E-state index contributed by atoms with van der Waals surface area (Å²) < 4.78 is 5.92. The fraction of sp³-hybridized carbons (Fsp3) is 0.243. The Balaban J connectivity index is 1.21. The largest absolute Gasteiger partial charge is 0.503 e. The summed E-state index contributed by atoms with van der Waals surface area (Å²) in [6.45, 7) is 0. The number of halogens is 2. The fourth-order valence-corrected chi connectivity index (χ4v) is 8.26. The highest BCUT2D eigenvalue weighted by molar-refractivity contribution is 9.12. The van der Waals surface area contributed by atoms with E-state index in [0.29, 0.717) is 44.7 Å². The number of hydrogen-bond donors (Lipinski definition) is 1. The number of carbonyl (C=O) groups excluding carboxylic acids is 4. The van der Waals surface area contributed by atoms with Crippen LogP contribution in [0.4, 0.5) is 22.7 Å². The van der Waals surface area contributed by atoms with E-state index < -0.39 is 23.7 Å². The van der Waals surface area contributed by atoms with E-state index in [0.717, 1.165) is 11.3 Å². The van der Waals surface area contributed by atoms with E-state index in [1.54, 1.807) is 36.4 Å². The number of amides is 2. The second-order valence-corrected chi connectivity index (χ2v) is 14.3. The molecule has 1 aliphatic heterocycles. The predicted octanol–water partition coefficient (Wildman–Crippen LogP) is 7.61. The Kier molecular flexibility index (Phi) is 8.48. The number of allylic oxidation sites excluding steroid dienone is 6. The standard InChI is InChI=1S/C37H30Br2N4O6/c1-42(2)21-8-4-19(5-9-21)40-41-20-6-10-22(11-7-20)43-36(47)24-13-12-23-25(32(24)37(43)48)16-26-33(29(44)17-28(39)34(26)45)31(23)18-14-27(38)35(46)30(15-18)49-3/h4-12,14-15,17,24-25,31-32,46H,13,16H2,1-3H3. The van der Waals surface area contributed by atoms with Gasteiger partial charge in [0, 0.05) is 42.9 Å². The molecule has 4 atom stereocenters. The van der Waals surface area contributed by atoms with Crippen LogP contribution in [0, 0.1) is 17.8 Å². The monoisotopic (exact) mass is 784 g/mol. The zero-order valence-electron chi connectivity index (χ0n) is 26.7.